The minimum absolute atomic E-state index is 0.0136. The van der Waals surface area contributed by atoms with Crippen molar-refractivity contribution in [2.45, 2.75) is 63.0 Å². The van der Waals surface area contributed by atoms with Crippen molar-refractivity contribution in [3.8, 4) is 0 Å². The fourth-order valence-corrected chi connectivity index (χ4v) is 5.99. The molecule has 172 valence electrons. The third-order valence-corrected chi connectivity index (χ3v) is 7.48. The van der Waals surface area contributed by atoms with Crippen LogP contribution >= 0.6 is 0 Å². The van der Waals surface area contributed by atoms with E-state index in [1.807, 2.05) is 6.92 Å². The first-order valence-electron chi connectivity index (χ1n) is 10.2. The van der Waals surface area contributed by atoms with Crippen LogP contribution in [0.2, 0.25) is 0 Å². The highest BCUT2D eigenvalue weighted by Gasteiger charge is 2.58. The van der Waals surface area contributed by atoms with E-state index in [9.17, 15) is 18.0 Å². The first kappa shape index (κ1) is 23.6. The Morgan fingerprint density at radius 1 is 1.19 bits per heavy atom. The molecule has 1 aromatic rings. The number of nitrogens with zero attached hydrogens (tertiary/aromatic N) is 1. The molecule has 0 spiro atoms. The second-order valence-corrected chi connectivity index (χ2v) is 9.98. The van der Waals surface area contributed by atoms with Crippen LogP contribution in [-0.4, -0.2) is 69.0 Å². The highest BCUT2D eigenvalue weighted by molar-refractivity contribution is 7.89. The summed E-state index contributed by atoms with van der Waals surface area (Å²) in [5.74, 6) is -3.19. The van der Waals surface area contributed by atoms with Crippen LogP contribution in [-0.2, 0) is 38.6 Å². The average Bonchev–Trinajstić information content (AvgIpc) is 3.28. The third-order valence-electron chi connectivity index (χ3n) is 5.56. The lowest BCUT2D eigenvalue weighted by Crippen LogP contribution is -2.52. The maximum atomic E-state index is 13.7. The molecule has 0 N–H and O–H groups in total. The lowest BCUT2D eigenvalue weighted by molar-refractivity contribution is -0.157. The van der Waals surface area contributed by atoms with Crippen LogP contribution in [0.5, 0.6) is 0 Å². The number of rotatable bonds is 6. The molecule has 0 amide bonds. The Morgan fingerprint density at radius 2 is 1.84 bits per heavy atom. The molecule has 2 aliphatic rings. The molecule has 4 atom stereocenters. The number of benzene rings is 1. The third kappa shape index (κ3) is 4.62. The lowest BCUT2D eigenvalue weighted by atomic mass is 9.95. The average molecular weight is 456 g/mol. The van der Waals surface area contributed by atoms with Gasteiger partial charge in [-0.25, -0.2) is 8.42 Å². The van der Waals surface area contributed by atoms with Gasteiger partial charge in [0.25, 0.3) is 0 Å². The van der Waals surface area contributed by atoms with E-state index in [0.717, 1.165) is 9.87 Å². The van der Waals surface area contributed by atoms with Gasteiger partial charge >= 0.3 is 11.9 Å². The zero-order valence-electron chi connectivity index (χ0n) is 18.4. The molecule has 1 unspecified atom stereocenters. The number of hydrogen-bond acceptors (Lipinski definition) is 8. The molecule has 0 saturated carbocycles. The van der Waals surface area contributed by atoms with Gasteiger partial charge < -0.3 is 18.9 Å². The molecule has 0 aromatic heterocycles. The van der Waals surface area contributed by atoms with Crippen molar-refractivity contribution in [3.63, 3.8) is 0 Å². The Kier molecular flexibility index (Phi) is 6.75. The maximum Gasteiger partial charge on any atom is 0.324 e. The van der Waals surface area contributed by atoms with E-state index in [1.54, 1.807) is 32.9 Å². The molecular formula is C21H29NO8S. The van der Waals surface area contributed by atoms with Crippen molar-refractivity contribution in [2.24, 2.45) is 5.92 Å². The van der Waals surface area contributed by atoms with Gasteiger partial charge in [-0.05, 0) is 46.2 Å². The van der Waals surface area contributed by atoms with Gasteiger partial charge in [-0.1, -0.05) is 17.7 Å². The zero-order chi connectivity index (χ0) is 23.0. The molecular weight excluding hydrogens is 426 g/mol. The minimum Gasteiger partial charge on any atom is -0.468 e. The van der Waals surface area contributed by atoms with Crippen molar-refractivity contribution < 1.29 is 37.0 Å². The van der Waals surface area contributed by atoms with Crippen molar-refractivity contribution in [1.29, 1.82) is 0 Å². The number of carbonyl (C=O) groups is 2. The summed E-state index contributed by atoms with van der Waals surface area (Å²) in [4.78, 5) is 25.4. The second kappa shape index (κ2) is 8.85. The number of ether oxygens (including phenoxy) is 4. The predicted octanol–water partition coefficient (Wildman–Crippen LogP) is 1.63. The normalized spacial score (nSPS) is 28.4. The summed E-state index contributed by atoms with van der Waals surface area (Å²) in [6.45, 7) is 7.12. The van der Waals surface area contributed by atoms with E-state index in [-0.39, 0.29) is 24.5 Å². The van der Waals surface area contributed by atoms with Gasteiger partial charge in [0.15, 0.2) is 5.79 Å². The number of esters is 2. The summed E-state index contributed by atoms with van der Waals surface area (Å²) < 4.78 is 50.1. The van der Waals surface area contributed by atoms with Crippen LogP contribution < -0.4 is 0 Å². The van der Waals surface area contributed by atoms with Crippen molar-refractivity contribution in [3.05, 3.63) is 29.8 Å². The Labute approximate surface area is 182 Å². The van der Waals surface area contributed by atoms with Gasteiger partial charge in [-0.15, -0.1) is 0 Å². The van der Waals surface area contributed by atoms with Gasteiger partial charge in [0.1, 0.15) is 12.1 Å². The monoisotopic (exact) mass is 455 g/mol. The SMILES string of the molecule is CCOC(=O)[C@@H]1C[C@H](C(=O)OC)N(S(=O)(=O)c2ccc(C)cc2)[C@@H]1C1COC(C)(C)O1. The van der Waals surface area contributed by atoms with Crippen molar-refractivity contribution in [1.82, 2.24) is 4.31 Å². The Hall–Kier alpha value is -2.01. The van der Waals surface area contributed by atoms with E-state index in [4.69, 9.17) is 18.9 Å². The van der Waals surface area contributed by atoms with Gasteiger partial charge in [0.05, 0.1) is 37.2 Å². The number of carbonyl (C=O) groups excluding carboxylic acids is 2. The van der Waals surface area contributed by atoms with Gasteiger partial charge in [-0.2, -0.15) is 4.31 Å². The van der Waals surface area contributed by atoms with Crippen LogP contribution in [0.25, 0.3) is 0 Å². The van der Waals surface area contributed by atoms with E-state index < -0.39 is 51.9 Å². The molecule has 2 saturated heterocycles. The molecule has 0 radical (unpaired) electrons. The van der Waals surface area contributed by atoms with E-state index in [0.29, 0.717) is 0 Å². The molecule has 0 aliphatic carbocycles. The summed E-state index contributed by atoms with van der Waals surface area (Å²) in [7, 11) is -2.99. The van der Waals surface area contributed by atoms with E-state index in [1.165, 1.54) is 19.2 Å². The van der Waals surface area contributed by atoms with Gasteiger partial charge in [0, 0.05) is 0 Å². The maximum absolute atomic E-state index is 13.7. The van der Waals surface area contributed by atoms with Crippen LogP contribution in [0, 0.1) is 12.8 Å². The predicted molar refractivity (Wildman–Crippen MR) is 109 cm³/mol. The van der Waals surface area contributed by atoms with Crippen LogP contribution in [0.3, 0.4) is 0 Å². The molecule has 31 heavy (non-hydrogen) atoms. The summed E-state index contributed by atoms with van der Waals surface area (Å²) in [5.41, 5.74) is 0.889. The second-order valence-electron chi connectivity index (χ2n) is 8.14. The highest BCUT2D eigenvalue weighted by Crippen LogP contribution is 2.41. The summed E-state index contributed by atoms with van der Waals surface area (Å²) in [6.07, 6.45) is -0.832. The zero-order valence-corrected chi connectivity index (χ0v) is 19.2. The fourth-order valence-electron chi connectivity index (χ4n) is 4.16. The molecule has 1 aromatic carbocycles. The summed E-state index contributed by atoms with van der Waals surface area (Å²) in [5, 5.41) is 0. The Balaban J connectivity index is 2.12. The Bertz CT molecular complexity index is 927. The smallest absolute Gasteiger partial charge is 0.324 e. The van der Waals surface area contributed by atoms with Crippen LogP contribution in [0.4, 0.5) is 0 Å². The lowest BCUT2D eigenvalue weighted by Gasteiger charge is -2.32. The van der Waals surface area contributed by atoms with Crippen LogP contribution in [0.1, 0.15) is 32.8 Å². The standard InChI is InChI=1S/C21H29NO8S/c1-6-28-19(23)15-11-16(20(24)27-5)22(18(15)17-12-29-21(3,4)30-17)31(25,26)14-9-7-13(2)8-10-14/h7-10,15-18H,6,11-12H2,1-5H3/t15-,16-,17?,18+/m1/s1. The molecule has 2 fully saturated rings. The molecule has 2 aliphatic heterocycles. The molecule has 0 bridgehead atoms. The summed E-state index contributed by atoms with van der Waals surface area (Å²) >= 11 is 0. The van der Waals surface area contributed by atoms with E-state index in [2.05, 4.69) is 0 Å². The number of sulfonamides is 1. The number of methoxy groups -OCH3 is 1. The van der Waals surface area contributed by atoms with E-state index >= 15 is 0 Å². The number of aryl methyl sites for hydroxylation is 1. The van der Waals surface area contributed by atoms with Crippen molar-refractivity contribution >= 4 is 22.0 Å². The topological polar surface area (TPSA) is 108 Å². The highest BCUT2D eigenvalue weighted by atomic mass is 32.2. The minimum atomic E-state index is -4.18. The first-order valence-corrected chi connectivity index (χ1v) is 11.6. The van der Waals surface area contributed by atoms with Crippen LogP contribution in [0.15, 0.2) is 29.2 Å². The summed E-state index contributed by atoms with van der Waals surface area (Å²) in [6, 6.07) is 4.12. The number of hydrogen-bond donors (Lipinski definition) is 0. The first-order chi connectivity index (χ1) is 14.5. The molecule has 9 nitrogen and oxygen atoms in total. The van der Waals surface area contributed by atoms with Gasteiger partial charge in [0.2, 0.25) is 10.0 Å². The molecule has 2 heterocycles. The Morgan fingerprint density at radius 3 is 2.35 bits per heavy atom. The fraction of sp³-hybridized carbons (Fsp3) is 0.619. The molecule has 3 rings (SSSR count). The van der Waals surface area contributed by atoms with Crippen molar-refractivity contribution in [2.75, 3.05) is 20.3 Å². The van der Waals surface area contributed by atoms with Gasteiger partial charge in [-0.3, -0.25) is 9.59 Å². The molecule has 10 heteroatoms. The quantitative estimate of drug-likeness (QED) is 0.596. The largest absolute Gasteiger partial charge is 0.468 e.